The van der Waals surface area contributed by atoms with Gasteiger partial charge in [-0.3, -0.25) is 20.7 Å². The van der Waals surface area contributed by atoms with Crippen LogP contribution in [0.25, 0.3) is 0 Å². The zero-order valence-electron chi connectivity index (χ0n) is 48.2. The third kappa shape index (κ3) is 29.3. The molecule has 0 aromatic heterocycles. The Morgan fingerprint density at radius 3 is 1.17 bits per heavy atom. The van der Waals surface area contributed by atoms with Gasteiger partial charge in [0.15, 0.2) is 11.5 Å². The predicted octanol–water partition coefficient (Wildman–Crippen LogP) is 18.3. The number of aliphatic hydroxyl groups excluding tert-OH is 1. The van der Waals surface area contributed by atoms with Crippen LogP contribution in [0.4, 0.5) is 26.7 Å². The first kappa shape index (κ1) is 64.4. The number of aliphatic hydroxyl groups is 1. The van der Waals surface area contributed by atoms with Crippen LogP contribution >= 0.6 is 0 Å². The Kier molecular flexibility index (Phi) is 31.8. The third-order valence-electron chi connectivity index (χ3n) is 14.9. The van der Waals surface area contributed by atoms with E-state index >= 15 is 0 Å². The highest BCUT2D eigenvalue weighted by atomic mass is 16.6. The molecule has 0 aliphatic carbocycles. The van der Waals surface area contributed by atoms with E-state index < -0.39 is 17.1 Å². The van der Waals surface area contributed by atoms with Gasteiger partial charge in [-0.1, -0.05) is 209 Å². The van der Waals surface area contributed by atoms with Crippen LogP contribution in [0, 0.1) is 57.5 Å². The van der Waals surface area contributed by atoms with Crippen molar-refractivity contribution in [2.75, 3.05) is 23.8 Å². The third-order valence-corrected chi connectivity index (χ3v) is 14.9. The molecule has 0 fully saturated rings. The smallest absolute Gasteiger partial charge is 0.411 e. The molecule has 0 aliphatic rings. The lowest BCUT2D eigenvalue weighted by molar-refractivity contribution is -0.385. The van der Waals surface area contributed by atoms with Crippen molar-refractivity contribution >= 4 is 29.2 Å². The highest BCUT2D eigenvalue weighted by Gasteiger charge is 2.23. The van der Waals surface area contributed by atoms with E-state index in [2.05, 4.69) is 79.9 Å². The summed E-state index contributed by atoms with van der Waals surface area (Å²) in [4.78, 5) is 37.4. The van der Waals surface area contributed by atoms with Gasteiger partial charge in [-0.15, -0.1) is 0 Å². The number of nitro groups is 1. The van der Waals surface area contributed by atoms with Crippen LogP contribution in [0.3, 0.4) is 0 Å². The van der Waals surface area contributed by atoms with Crippen LogP contribution in [-0.4, -0.2) is 35.4 Å². The summed E-state index contributed by atoms with van der Waals surface area (Å²) in [5.74, 6) is 6.24. The zero-order valence-corrected chi connectivity index (χ0v) is 48.2. The monoisotopic (exact) mass is 1040 g/mol. The molecule has 12 nitrogen and oxygen atoms in total. The quantitative estimate of drug-likeness (QED) is 0.0372. The van der Waals surface area contributed by atoms with Crippen molar-refractivity contribution in [1.29, 1.82) is 0 Å². The summed E-state index contributed by atoms with van der Waals surface area (Å²) < 4.78 is 23.6. The molecule has 0 heterocycles. The molecule has 0 aliphatic heterocycles. The van der Waals surface area contributed by atoms with Gasteiger partial charge in [-0.25, -0.2) is 9.59 Å². The number of benzene rings is 3. The fourth-order valence-corrected chi connectivity index (χ4v) is 9.69. The highest BCUT2D eigenvalue weighted by molar-refractivity contribution is 5.85. The molecule has 0 bridgehead atoms. The van der Waals surface area contributed by atoms with Gasteiger partial charge in [0.2, 0.25) is 0 Å². The van der Waals surface area contributed by atoms with Crippen LogP contribution in [-0.2, 0) is 29.3 Å². The largest absolute Gasteiger partial charge is 0.490 e. The molecule has 3 aromatic rings. The first-order valence-electron chi connectivity index (χ1n) is 29.1. The molecular weight excluding hydrogens is 943 g/mol. The molecule has 0 saturated carbocycles. The summed E-state index contributed by atoms with van der Waals surface area (Å²) in [5, 5.41) is 27.0. The Morgan fingerprint density at radius 1 is 0.480 bits per heavy atom. The number of carbonyl (C=O) groups excluding carboxylic acids is 2. The number of hydrogen-bond donors (Lipinski definition) is 3. The van der Waals surface area contributed by atoms with E-state index in [9.17, 15) is 24.8 Å². The van der Waals surface area contributed by atoms with E-state index in [0.29, 0.717) is 59.4 Å². The Hall–Kier alpha value is -4.84. The molecule has 12 heteroatoms. The summed E-state index contributed by atoms with van der Waals surface area (Å²) in [7, 11) is 0. The number of carbonyl (C=O) groups is 2. The lowest BCUT2D eigenvalue weighted by Gasteiger charge is -2.18. The Labute approximate surface area is 453 Å². The van der Waals surface area contributed by atoms with Crippen LogP contribution in [0.2, 0.25) is 0 Å². The summed E-state index contributed by atoms with van der Waals surface area (Å²) in [6.45, 7) is 23.7. The number of nitrogens with one attached hydrogen (secondary N) is 2. The van der Waals surface area contributed by atoms with E-state index in [1.54, 1.807) is 54.6 Å². The molecule has 3 rings (SSSR count). The second-order valence-corrected chi connectivity index (χ2v) is 23.4. The normalized spacial score (nSPS) is 13.9. The Morgan fingerprint density at radius 2 is 0.813 bits per heavy atom. The van der Waals surface area contributed by atoms with Crippen LogP contribution in [0.15, 0.2) is 60.7 Å². The molecule has 422 valence electrons. The first-order chi connectivity index (χ1) is 35.9. The average molecular weight is 1040 g/mol. The molecule has 0 saturated heterocycles. The summed E-state index contributed by atoms with van der Waals surface area (Å²) >= 11 is 0. The second-order valence-electron chi connectivity index (χ2n) is 23.4. The molecule has 2 amide bonds. The second kappa shape index (κ2) is 37.0. The van der Waals surface area contributed by atoms with Crippen molar-refractivity contribution in [3.8, 4) is 11.5 Å². The maximum absolute atomic E-state index is 13.0. The van der Waals surface area contributed by atoms with Gasteiger partial charge in [0.1, 0.15) is 13.2 Å². The van der Waals surface area contributed by atoms with Gasteiger partial charge in [-0.05, 0) is 102 Å². The van der Waals surface area contributed by atoms with E-state index in [-0.39, 0.29) is 31.1 Å². The molecular formula is C63H101N3O9. The van der Waals surface area contributed by atoms with Crippen molar-refractivity contribution in [3.05, 3.63) is 87.5 Å². The van der Waals surface area contributed by atoms with E-state index in [1.807, 2.05) is 0 Å². The maximum atomic E-state index is 13.0. The zero-order chi connectivity index (χ0) is 55.0. The molecule has 75 heavy (non-hydrogen) atoms. The van der Waals surface area contributed by atoms with Crippen molar-refractivity contribution in [2.45, 2.75) is 217 Å². The molecule has 6 atom stereocenters. The fraction of sp³-hybridized carbons (Fsp3) is 0.683. The summed E-state index contributed by atoms with van der Waals surface area (Å²) in [6.07, 6.45) is 23.1. The minimum absolute atomic E-state index is 0.00722. The standard InChI is InChI=1S/C63H101N3O9/c1-46(2)17-11-19-48(5)21-13-23-50(7)25-15-27-52(9)37-39-72-60-41-56(45-75-63(69)65-58-35-31-55(32-36-58)44-74-62(68)64-57-33-29-54(43-67)30-34-57)59(66(70)71)42-61(60)73-40-38-53(10)28-16-26-51(8)24-14-22-49(6)20-12-18-47(3)4/h29-36,41-42,46-53,67H,11-28,37-40,43-45H2,1-10H3,(H,64,68)(H,65,69)/t48-,49-,50-,51-,52?,53?/m1/s1. The minimum Gasteiger partial charge on any atom is -0.490 e. The Bertz CT molecular complexity index is 2020. The first-order valence-corrected chi connectivity index (χ1v) is 29.1. The van der Waals surface area contributed by atoms with Gasteiger partial charge < -0.3 is 24.1 Å². The number of anilines is 2. The summed E-state index contributed by atoms with van der Waals surface area (Å²) in [5.41, 5.74) is 2.36. The van der Waals surface area contributed by atoms with Crippen molar-refractivity contribution in [3.63, 3.8) is 0 Å². The van der Waals surface area contributed by atoms with Gasteiger partial charge in [0, 0.05) is 11.4 Å². The number of amides is 2. The summed E-state index contributed by atoms with van der Waals surface area (Å²) in [6, 6.07) is 16.4. The highest BCUT2D eigenvalue weighted by Crippen LogP contribution is 2.37. The van der Waals surface area contributed by atoms with Gasteiger partial charge >= 0.3 is 12.2 Å². The van der Waals surface area contributed by atoms with Crippen molar-refractivity contribution < 1.29 is 38.6 Å². The lowest BCUT2D eigenvalue weighted by Crippen LogP contribution is -2.15. The average Bonchev–Trinajstić information content (AvgIpc) is 3.35. The lowest BCUT2D eigenvalue weighted by atomic mass is 9.91. The number of rotatable bonds is 40. The van der Waals surface area contributed by atoms with Crippen molar-refractivity contribution in [1.82, 2.24) is 0 Å². The van der Waals surface area contributed by atoms with Gasteiger partial charge in [-0.2, -0.15) is 0 Å². The topological polar surface area (TPSA) is 158 Å². The van der Waals surface area contributed by atoms with Crippen LogP contribution in [0.1, 0.15) is 214 Å². The minimum atomic E-state index is -0.789. The number of nitro benzene ring substituents is 1. The molecule has 0 spiro atoms. The number of hydrogen-bond acceptors (Lipinski definition) is 9. The number of nitrogens with zero attached hydrogens (tertiary/aromatic N) is 1. The van der Waals surface area contributed by atoms with Gasteiger partial charge in [0.05, 0.1) is 36.4 Å². The molecule has 3 N–H and O–H groups in total. The molecule has 3 aromatic carbocycles. The van der Waals surface area contributed by atoms with Crippen LogP contribution in [0.5, 0.6) is 11.5 Å². The number of ether oxygens (including phenoxy) is 4. The Balaban J connectivity index is 1.55. The van der Waals surface area contributed by atoms with Crippen LogP contribution < -0.4 is 20.1 Å². The fourth-order valence-electron chi connectivity index (χ4n) is 9.69. The molecule has 2 unspecified atom stereocenters. The maximum Gasteiger partial charge on any atom is 0.411 e. The predicted molar refractivity (Wildman–Crippen MR) is 308 cm³/mol. The van der Waals surface area contributed by atoms with Crippen molar-refractivity contribution in [2.24, 2.45) is 47.3 Å². The van der Waals surface area contributed by atoms with E-state index in [4.69, 9.17) is 18.9 Å². The molecule has 0 radical (unpaired) electrons. The van der Waals surface area contributed by atoms with E-state index in [0.717, 1.165) is 60.8 Å². The van der Waals surface area contributed by atoms with E-state index in [1.165, 1.54) is 109 Å². The van der Waals surface area contributed by atoms with Gasteiger partial charge in [0.25, 0.3) is 5.69 Å². The SMILES string of the molecule is CC(C)CCC[C@@H](C)CCC[C@@H](C)CCCC(C)CCOc1cc(COC(=O)Nc2ccc(COC(=O)Nc3ccc(CO)cc3)cc2)c([N+](=O)[O-])cc1OCCC(C)CCC[C@H](C)CCC[C@H](C)CCCC(C)C.